The molecule has 0 saturated heterocycles. The van der Waals surface area contributed by atoms with Crippen LogP contribution in [0.1, 0.15) is 39.3 Å². The van der Waals surface area contributed by atoms with Gasteiger partial charge < -0.3 is 5.32 Å². The first kappa shape index (κ1) is 14.2. The molecule has 0 saturated carbocycles. The standard InChI is InChI=1S/C15H12BrN3OS/c16-11-5-3-7-18-13(11)14(20)19-15-10(8-17)9-4-1-2-6-12(9)21-15/h3,5,7H,1-2,4,6H2,(H,19,20). The molecule has 1 amide bonds. The van der Waals surface area contributed by atoms with Crippen LogP contribution in [0.15, 0.2) is 22.8 Å². The van der Waals surface area contributed by atoms with Gasteiger partial charge in [-0.25, -0.2) is 4.98 Å². The minimum atomic E-state index is -0.294. The van der Waals surface area contributed by atoms with Crippen LogP contribution in [0.4, 0.5) is 5.00 Å². The van der Waals surface area contributed by atoms with Crippen molar-refractivity contribution in [3.8, 4) is 6.07 Å². The summed E-state index contributed by atoms with van der Waals surface area (Å²) in [6.45, 7) is 0. The summed E-state index contributed by atoms with van der Waals surface area (Å²) in [5.41, 5.74) is 2.06. The van der Waals surface area contributed by atoms with E-state index in [9.17, 15) is 10.1 Å². The highest BCUT2D eigenvalue weighted by Gasteiger charge is 2.22. The van der Waals surface area contributed by atoms with Crippen LogP contribution in [-0.2, 0) is 12.8 Å². The molecule has 6 heteroatoms. The number of fused-ring (bicyclic) bond motifs is 1. The predicted octanol–water partition coefficient (Wildman–Crippen LogP) is 3.91. The van der Waals surface area contributed by atoms with Crippen LogP contribution in [0.5, 0.6) is 0 Å². The normalized spacial score (nSPS) is 13.3. The summed E-state index contributed by atoms with van der Waals surface area (Å²) in [6.07, 6.45) is 5.76. The molecule has 1 N–H and O–H groups in total. The number of hydrogen-bond acceptors (Lipinski definition) is 4. The van der Waals surface area contributed by atoms with Crippen molar-refractivity contribution in [3.63, 3.8) is 0 Å². The van der Waals surface area contributed by atoms with Crippen LogP contribution in [-0.4, -0.2) is 10.9 Å². The number of hydrogen-bond donors (Lipinski definition) is 1. The van der Waals surface area contributed by atoms with Crippen molar-refractivity contribution in [2.75, 3.05) is 5.32 Å². The molecule has 2 heterocycles. The number of nitrogens with zero attached hydrogens (tertiary/aromatic N) is 2. The van der Waals surface area contributed by atoms with Crippen LogP contribution in [0.2, 0.25) is 0 Å². The van der Waals surface area contributed by atoms with Crippen molar-refractivity contribution in [3.05, 3.63) is 44.5 Å². The third-order valence-electron chi connectivity index (χ3n) is 3.48. The SMILES string of the molecule is N#Cc1c(NC(=O)c2ncccc2Br)sc2c1CCCC2. The van der Waals surface area contributed by atoms with Gasteiger partial charge in [0.05, 0.1) is 5.56 Å². The molecule has 0 unspecified atom stereocenters. The van der Waals surface area contributed by atoms with E-state index in [0.29, 0.717) is 20.7 Å². The van der Waals surface area contributed by atoms with Gasteiger partial charge in [0.15, 0.2) is 0 Å². The molecular weight excluding hydrogens is 350 g/mol. The maximum atomic E-state index is 12.3. The summed E-state index contributed by atoms with van der Waals surface area (Å²) in [6, 6.07) is 5.76. The van der Waals surface area contributed by atoms with Crippen LogP contribution in [0.25, 0.3) is 0 Å². The first-order valence-electron chi connectivity index (χ1n) is 6.67. The monoisotopic (exact) mass is 361 g/mol. The first-order chi connectivity index (χ1) is 10.2. The zero-order chi connectivity index (χ0) is 14.8. The number of aryl methyl sites for hydroxylation is 1. The molecule has 0 bridgehead atoms. The summed E-state index contributed by atoms with van der Waals surface area (Å²) < 4.78 is 0.641. The summed E-state index contributed by atoms with van der Waals surface area (Å²) in [4.78, 5) is 17.6. The first-order valence-corrected chi connectivity index (χ1v) is 8.28. The number of pyridine rings is 1. The lowest BCUT2D eigenvalue weighted by molar-refractivity contribution is 0.102. The van der Waals surface area contributed by atoms with E-state index >= 15 is 0 Å². The van der Waals surface area contributed by atoms with E-state index in [1.165, 1.54) is 16.2 Å². The molecule has 3 rings (SSSR count). The van der Waals surface area contributed by atoms with E-state index in [1.807, 2.05) is 0 Å². The molecule has 2 aromatic heterocycles. The largest absolute Gasteiger partial charge is 0.311 e. The van der Waals surface area contributed by atoms with Crippen LogP contribution < -0.4 is 5.32 Å². The molecule has 0 spiro atoms. The zero-order valence-corrected chi connectivity index (χ0v) is 13.6. The average molecular weight is 362 g/mol. The summed E-state index contributed by atoms with van der Waals surface area (Å²) in [5.74, 6) is -0.294. The fourth-order valence-corrected chi connectivity index (χ4v) is 4.16. The topological polar surface area (TPSA) is 65.8 Å². The van der Waals surface area contributed by atoms with Gasteiger partial charge >= 0.3 is 0 Å². The molecule has 0 fully saturated rings. The lowest BCUT2D eigenvalue weighted by Gasteiger charge is -2.09. The number of nitrogens with one attached hydrogen (secondary N) is 1. The minimum Gasteiger partial charge on any atom is -0.311 e. The van der Waals surface area contributed by atoms with Gasteiger partial charge in [-0.2, -0.15) is 5.26 Å². The Kier molecular flexibility index (Phi) is 4.04. The Bertz CT molecular complexity index is 748. The number of thiophene rings is 1. The van der Waals surface area contributed by atoms with Crippen molar-refractivity contribution in [1.29, 1.82) is 5.26 Å². The Balaban J connectivity index is 1.92. The van der Waals surface area contributed by atoms with Crippen molar-refractivity contribution < 1.29 is 4.79 Å². The number of aromatic nitrogens is 1. The second-order valence-corrected chi connectivity index (χ2v) is 6.77. The molecule has 0 atom stereocenters. The smallest absolute Gasteiger partial charge is 0.276 e. The summed E-state index contributed by atoms with van der Waals surface area (Å²) in [5, 5.41) is 12.9. The van der Waals surface area contributed by atoms with E-state index in [-0.39, 0.29) is 5.91 Å². The Morgan fingerprint density at radius 1 is 1.43 bits per heavy atom. The second-order valence-electron chi connectivity index (χ2n) is 4.81. The Morgan fingerprint density at radius 3 is 3.00 bits per heavy atom. The van der Waals surface area contributed by atoms with Gasteiger partial charge in [0, 0.05) is 15.5 Å². The maximum Gasteiger partial charge on any atom is 0.276 e. The van der Waals surface area contributed by atoms with Crippen LogP contribution in [0, 0.1) is 11.3 Å². The highest BCUT2D eigenvalue weighted by molar-refractivity contribution is 9.10. The van der Waals surface area contributed by atoms with Crippen molar-refractivity contribution in [2.24, 2.45) is 0 Å². The Hall–Kier alpha value is -1.71. The lowest BCUT2D eigenvalue weighted by Crippen LogP contribution is -2.14. The van der Waals surface area contributed by atoms with E-state index < -0.39 is 0 Å². The minimum absolute atomic E-state index is 0.294. The molecule has 21 heavy (non-hydrogen) atoms. The zero-order valence-electron chi connectivity index (χ0n) is 11.1. The number of nitriles is 1. The number of rotatable bonds is 2. The number of carbonyl (C=O) groups excluding carboxylic acids is 1. The summed E-state index contributed by atoms with van der Waals surface area (Å²) in [7, 11) is 0. The van der Waals surface area contributed by atoms with Gasteiger partial charge in [-0.15, -0.1) is 11.3 Å². The molecule has 0 aromatic carbocycles. The van der Waals surface area contributed by atoms with E-state index in [4.69, 9.17) is 0 Å². The predicted molar refractivity (Wildman–Crippen MR) is 85.6 cm³/mol. The van der Waals surface area contributed by atoms with Crippen molar-refractivity contribution >= 4 is 38.2 Å². The van der Waals surface area contributed by atoms with Gasteiger partial charge in [0.25, 0.3) is 5.91 Å². The third-order valence-corrected chi connectivity index (χ3v) is 5.33. The van der Waals surface area contributed by atoms with E-state index in [0.717, 1.165) is 31.2 Å². The molecule has 1 aliphatic carbocycles. The molecule has 106 valence electrons. The van der Waals surface area contributed by atoms with Crippen LogP contribution in [0.3, 0.4) is 0 Å². The Labute approximate surface area is 135 Å². The number of halogens is 1. The fourth-order valence-electron chi connectivity index (χ4n) is 2.49. The fraction of sp³-hybridized carbons (Fsp3) is 0.267. The molecular formula is C15H12BrN3OS. The highest BCUT2D eigenvalue weighted by atomic mass is 79.9. The number of anilines is 1. The quantitative estimate of drug-likeness (QED) is 0.881. The van der Waals surface area contributed by atoms with Crippen LogP contribution >= 0.6 is 27.3 Å². The van der Waals surface area contributed by atoms with Gasteiger partial charge in [-0.3, -0.25) is 4.79 Å². The van der Waals surface area contributed by atoms with Gasteiger partial charge in [-0.1, -0.05) is 0 Å². The van der Waals surface area contributed by atoms with E-state index in [2.05, 4.69) is 32.3 Å². The lowest BCUT2D eigenvalue weighted by atomic mass is 9.96. The highest BCUT2D eigenvalue weighted by Crippen LogP contribution is 2.37. The second kappa shape index (κ2) is 5.96. The Morgan fingerprint density at radius 2 is 2.24 bits per heavy atom. The number of carbonyl (C=O) groups is 1. The van der Waals surface area contributed by atoms with Crippen molar-refractivity contribution in [2.45, 2.75) is 25.7 Å². The third kappa shape index (κ3) is 2.71. The molecule has 0 aliphatic heterocycles. The molecule has 1 aliphatic rings. The molecule has 4 nitrogen and oxygen atoms in total. The number of amides is 1. The van der Waals surface area contributed by atoms with Gasteiger partial charge in [0.1, 0.15) is 16.8 Å². The molecule has 0 radical (unpaired) electrons. The average Bonchev–Trinajstić information content (AvgIpc) is 2.84. The van der Waals surface area contributed by atoms with Crippen molar-refractivity contribution in [1.82, 2.24) is 4.98 Å². The molecule has 2 aromatic rings. The van der Waals surface area contributed by atoms with Gasteiger partial charge in [-0.05, 0) is 59.3 Å². The van der Waals surface area contributed by atoms with E-state index in [1.54, 1.807) is 18.3 Å². The maximum absolute atomic E-state index is 12.3. The summed E-state index contributed by atoms with van der Waals surface area (Å²) >= 11 is 4.84. The van der Waals surface area contributed by atoms with Gasteiger partial charge in [0.2, 0.25) is 0 Å².